The van der Waals surface area contributed by atoms with Crippen molar-refractivity contribution in [3.8, 4) is 5.75 Å². The van der Waals surface area contributed by atoms with E-state index in [0.29, 0.717) is 0 Å². The maximum Gasteiger partial charge on any atom is 0.116 e. The van der Waals surface area contributed by atoms with E-state index in [-0.39, 0.29) is 5.75 Å². The molecule has 4 aromatic rings. The Labute approximate surface area is 151 Å². The molecular weight excluding hydrogens is 320 g/mol. The van der Waals surface area contributed by atoms with Gasteiger partial charge >= 0.3 is 0 Å². The summed E-state index contributed by atoms with van der Waals surface area (Å²) < 4.78 is 0. The van der Waals surface area contributed by atoms with Crippen LogP contribution in [0.3, 0.4) is 0 Å². The number of nitrogens with one attached hydrogen (secondary N) is 1. The van der Waals surface area contributed by atoms with Gasteiger partial charge in [-0.05, 0) is 29.8 Å². The summed E-state index contributed by atoms with van der Waals surface area (Å²) >= 11 is 0. The summed E-state index contributed by atoms with van der Waals surface area (Å²) in [6.07, 6.45) is 3.96. The second-order valence-electron chi connectivity index (χ2n) is 6.36. The third kappa shape index (κ3) is 2.25. The summed E-state index contributed by atoms with van der Waals surface area (Å²) in [5.74, 6) is 0.253. The molecule has 0 bridgehead atoms. The fraction of sp³-hybridized carbons (Fsp3) is 0. The Morgan fingerprint density at radius 1 is 0.885 bits per heavy atom. The van der Waals surface area contributed by atoms with Crippen molar-refractivity contribution in [3.05, 3.63) is 95.7 Å². The van der Waals surface area contributed by atoms with Crippen LogP contribution in [0.2, 0.25) is 0 Å². The van der Waals surface area contributed by atoms with Gasteiger partial charge in [0.15, 0.2) is 0 Å². The molecule has 2 N–H and O–H groups in total. The number of nitrogens with zero attached hydrogens (tertiary/aromatic N) is 1. The van der Waals surface area contributed by atoms with Crippen LogP contribution in [0.15, 0.2) is 84.0 Å². The third-order valence-electron chi connectivity index (χ3n) is 4.79. The average Bonchev–Trinajstić information content (AvgIpc) is 3.28. The van der Waals surface area contributed by atoms with E-state index in [4.69, 9.17) is 0 Å². The number of rotatable bonds is 2. The zero-order chi connectivity index (χ0) is 17.5. The van der Waals surface area contributed by atoms with Crippen LogP contribution in [-0.4, -0.2) is 16.3 Å². The van der Waals surface area contributed by atoms with E-state index in [0.717, 1.165) is 44.4 Å². The van der Waals surface area contributed by atoms with Gasteiger partial charge in [-0.1, -0.05) is 48.5 Å². The maximum absolute atomic E-state index is 10.0. The minimum atomic E-state index is 0.253. The number of para-hydroxylation sites is 2. The first kappa shape index (κ1) is 14.7. The molecule has 0 fully saturated rings. The first-order chi connectivity index (χ1) is 12.8. The number of phenols is 1. The Balaban J connectivity index is 1.86. The molecule has 3 nitrogen and oxygen atoms in total. The van der Waals surface area contributed by atoms with Crippen molar-refractivity contribution >= 4 is 34.0 Å². The number of hydrogen-bond donors (Lipinski definition) is 2. The number of aromatic nitrogens is 1. The standard InChI is InChI=1S/C23H16N2O/c26-16-7-5-6-15(12-16)23(19-13-24-21-10-3-1-8-17(19)21)20-14-25-22-11-4-2-9-18(20)22/h1-14,24,26H. The zero-order valence-corrected chi connectivity index (χ0v) is 14.0. The normalized spacial score (nSPS) is 14.6. The summed E-state index contributed by atoms with van der Waals surface area (Å²) in [4.78, 5) is 7.94. The molecule has 1 aliphatic rings. The number of aromatic hydroxyl groups is 1. The van der Waals surface area contributed by atoms with Crippen molar-refractivity contribution in [1.29, 1.82) is 0 Å². The van der Waals surface area contributed by atoms with Crippen LogP contribution in [0.1, 0.15) is 16.7 Å². The van der Waals surface area contributed by atoms with Crippen LogP contribution in [0.25, 0.3) is 22.0 Å². The lowest BCUT2D eigenvalue weighted by atomic mass is 9.90. The summed E-state index contributed by atoms with van der Waals surface area (Å²) in [5.41, 5.74) is 7.36. The van der Waals surface area contributed by atoms with Gasteiger partial charge in [0, 0.05) is 45.6 Å². The van der Waals surface area contributed by atoms with Crippen LogP contribution in [-0.2, 0) is 0 Å². The van der Waals surface area contributed by atoms with Gasteiger partial charge in [0.25, 0.3) is 0 Å². The smallest absolute Gasteiger partial charge is 0.116 e. The predicted molar refractivity (Wildman–Crippen MR) is 107 cm³/mol. The highest BCUT2D eigenvalue weighted by molar-refractivity contribution is 6.27. The van der Waals surface area contributed by atoms with Crippen molar-refractivity contribution in [3.63, 3.8) is 0 Å². The van der Waals surface area contributed by atoms with Gasteiger partial charge < -0.3 is 10.1 Å². The number of allylic oxidation sites excluding steroid dienone is 1. The van der Waals surface area contributed by atoms with Gasteiger partial charge in [-0.15, -0.1) is 0 Å². The van der Waals surface area contributed by atoms with Crippen molar-refractivity contribution in [1.82, 2.24) is 4.98 Å². The molecular formula is C23H16N2O. The lowest BCUT2D eigenvalue weighted by molar-refractivity contribution is 0.475. The molecule has 0 aliphatic carbocycles. The topological polar surface area (TPSA) is 48.4 Å². The first-order valence-electron chi connectivity index (χ1n) is 8.55. The molecule has 2 heterocycles. The molecule has 1 aliphatic heterocycles. The highest BCUT2D eigenvalue weighted by Gasteiger charge is 2.20. The fourth-order valence-corrected chi connectivity index (χ4v) is 3.61. The third-order valence-corrected chi connectivity index (χ3v) is 4.79. The molecule has 124 valence electrons. The van der Waals surface area contributed by atoms with Crippen molar-refractivity contribution in [2.45, 2.75) is 0 Å². The second-order valence-corrected chi connectivity index (χ2v) is 6.36. The minimum absolute atomic E-state index is 0.253. The summed E-state index contributed by atoms with van der Waals surface area (Å²) in [7, 11) is 0. The van der Waals surface area contributed by atoms with Crippen molar-refractivity contribution in [2.75, 3.05) is 0 Å². The number of phenolic OH excluding ortho intramolecular Hbond substituents is 1. The molecule has 3 heteroatoms. The SMILES string of the molecule is Oc1cccc(C(=C2C=Nc3ccccc32)c2c[nH]c3ccccc23)c1. The molecule has 0 spiro atoms. The van der Waals surface area contributed by atoms with Gasteiger partial charge in [0.2, 0.25) is 0 Å². The lowest BCUT2D eigenvalue weighted by Crippen LogP contribution is -1.93. The van der Waals surface area contributed by atoms with Crippen molar-refractivity contribution < 1.29 is 5.11 Å². The van der Waals surface area contributed by atoms with E-state index in [1.807, 2.05) is 54.9 Å². The van der Waals surface area contributed by atoms with Gasteiger partial charge in [-0.2, -0.15) is 0 Å². The van der Waals surface area contributed by atoms with E-state index in [2.05, 4.69) is 28.2 Å². The Morgan fingerprint density at radius 3 is 2.65 bits per heavy atom. The number of H-pyrrole nitrogens is 1. The van der Waals surface area contributed by atoms with Gasteiger partial charge in [0.05, 0.1) is 5.69 Å². The first-order valence-corrected chi connectivity index (χ1v) is 8.55. The highest BCUT2D eigenvalue weighted by atomic mass is 16.3. The lowest BCUT2D eigenvalue weighted by Gasteiger charge is -2.12. The van der Waals surface area contributed by atoms with Gasteiger partial charge in [-0.25, -0.2) is 0 Å². The number of fused-ring (bicyclic) bond motifs is 2. The predicted octanol–water partition coefficient (Wildman–Crippen LogP) is 5.55. The average molecular weight is 336 g/mol. The van der Waals surface area contributed by atoms with E-state index < -0.39 is 0 Å². The molecule has 1 aromatic heterocycles. The largest absolute Gasteiger partial charge is 0.508 e. The number of aromatic amines is 1. The molecule has 0 atom stereocenters. The van der Waals surface area contributed by atoms with Crippen LogP contribution in [0.4, 0.5) is 5.69 Å². The molecule has 5 rings (SSSR count). The molecule has 0 radical (unpaired) electrons. The number of hydrogen-bond acceptors (Lipinski definition) is 2. The molecule has 0 saturated heterocycles. The Bertz CT molecular complexity index is 1200. The monoisotopic (exact) mass is 336 g/mol. The Hall–Kier alpha value is -3.59. The molecule has 0 saturated carbocycles. The van der Waals surface area contributed by atoms with E-state index >= 15 is 0 Å². The molecule has 0 amide bonds. The number of benzene rings is 3. The molecule has 3 aromatic carbocycles. The quantitative estimate of drug-likeness (QED) is 0.495. The Kier molecular flexibility index (Phi) is 3.25. The minimum Gasteiger partial charge on any atom is -0.508 e. The second kappa shape index (κ2) is 5.74. The van der Waals surface area contributed by atoms with E-state index in [1.54, 1.807) is 12.1 Å². The highest BCUT2D eigenvalue weighted by Crippen LogP contribution is 2.41. The van der Waals surface area contributed by atoms with Crippen molar-refractivity contribution in [2.24, 2.45) is 4.99 Å². The zero-order valence-electron chi connectivity index (χ0n) is 14.0. The van der Waals surface area contributed by atoms with Crippen LogP contribution >= 0.6 is 0 Å². The van der Waals surface area contributed by atoms with Crippen LogP contribution in [0, 0.1) is 0 Å². The van der Waals surface area contributed by atoms with Gasteiger partial charge in [-0.3, -0.25) is 4.99 Å². The summed E-state index contributed by atoms with van der Waals surface area (Å²) in [5, 5.41) is 11.2. The van der Waals surface area contributed by atoms with Crippen LogP contribution < -0.4 is 0 Å². The van der Waals surface area contributed by atoms with Gasteiger partial charge in [0.1, 0.15) is 5.75 Å². The number of aliphatic imine (C=N–C) groups is 1. The molecule has 0 unspecified atom stereocenters. The summed E-state index contributed by atoms with van der Waals surface area (Å²) in [6.45, 7) is 0. The van der Waals surface area contributed by atoms with E-state index in [9.17, 15) is 5.11 Å². The maximum atomic E-state index is 10.0. The van der Waals surface area contributed by atoms with E-state index in [1.165, 1.54) is 0 Å². The fourth-order valence-electron chi connectivity index (χ4n) is 3.61. The molecule has 26 heavy (non-hydrogen) atoms. The summed E-state index contributed by atoms with van der Waals surface area (Å²) in [6, 6.07) is 23.8. The van der Waals surface area contributed by atoms with Crippen LogP contribution in [0.5, 0.6) is 5.75 Å². The Morgan fingerprint density at radius 2 is 1.73 bits per heavy atom.